The van der Waals surface area contributed by atoms with Crippen molar-refractivity contribution in [1.29, 1.82) is 0 Å². The van der Waals surface area contributed by atoms with Crippen molar-refractivity contribution in [2.75, 3.05) is 5.32 Å². The molecule has 4 nitrogen and oxygen atoms in total. The molecular weight excluding hydrogens is 290 g/mol. The van der Waals surface area contributed by atoms with Gasteiger partial charge in [0.2, 0.25) is 17.5 Å². The molecule has 122 valence electrons. The van der Waals surface area contributed by atoms with E-state index in [0.29, 0.717) is 18.5 Å². The molecule has 2 fully saturated rings. The summed E-state index contributed by atoms with van der Waals surface area (Å²) in [5.41, 5.74) is 0.118. The van der Waals surface area contributed by atoms with Crippen LogP contribution in [0.1, 0.15) is 44.7 Å². The summed E-state index contributed by atoms with van der Waals surface area (Å²) in [7, 11) is 0. The number of amides is 1. The van der Waals surface area contributed by atoms with Crippen LogP contribution in [0, 0.1) is 30.1 Å². The van der Waals surface area contributed by atoms with E-state index in [9.17, 15) is 14.4 Å². The van der Waals surface area contributed by atoms with Crippen LogP contribution in [0.4, 0.5) is 5.69 Å². The predicted octanol–water partition coefficient (Wildman–Crippen LogP) is 3.21. The SMILES string of the molecule is Cc1ccc(NC(=O)C23CCC(C)(C(=O)C2=O)C3(C)C)c(C)c1. The predicted molar refractivity (Wildman–Crippen MR) is 88.1 cm³/mol. The van der Waals surface area contributed by atoms with Crippen LogP contribution in [0.3, 0.4) is 0 Å². The fourth-order valence-corrected chi connectivity index (χ4v) is 4.46. The number of aryl methyl sites for hydroxylation is 2. The van der Waals surface area contributed by atoms with E-state index < -0.39 is 22.0 Å². The van der Waals surface area contributed by atoms with Gasteiger partial charge in [-0.25, -0.2) is 0 Å². The molecule has 0 aromatic heterocycles. The molecule has 1 aromatic rings. The number of rotatable bonds is 2. The fraction of sp³-hybridized carbons (Fsp3) is 0.526. The third-order valence-corrected chi connectivity index (χ3v) is 6.56. The van der Waals surface area contributed by atoms with Crippen LogP contribution in [-0.4, -0.2) is 17.5 Å². The Balaban J connectivity index is 2.02. The van der Waals surface area contributed by atoms with Crippen LogP contribution in [0.5, 0.6) is 0 Å². The molecule has 23 heavy (non-hydrogen) atoms. The van der Waals surface area contributed by atoms with Crippen molar-refractivity contribution >= 4 is 23.2 Å². The minimum absolute atomic E-state index is 0.339. The Morgan fingerprint density at radius 2 is 1.70 bits per heavy atom. The number of benzene rings is 1. The Morgan fingerprint density at radius 1 is 1.04 bits per heavy atom. The first-order valence-corrected chi connectivity index (χ1v) is 8.06. The second-order valence-corrected chi connectivity index (χ2v) is 7.79. The van der Waals surface area contributed by atoms with Crippen LogP contribution in [0.2, 0.25) is 0 Å². The van der Waals surface area contributed by atoms with Gasteiger partial charge in [-0.3, -0.25) is 14.4 Å². The minimum Gasteiger partial charge on any atom is -0.325 e. The average Bonchev–Trinajstić information content (AvgIpc) is 2.74. The molecule has 0 heterocycles. The standard InChI is InChI=1S/C19H23NO3/c1-11-6-7-13(12(2)10-11)20-16(23)19-9-8-18(5,17(19,3)4)14(21)15(19)22/h6-7,10H,8-9H2,1-5H3,(H,20,23). The molecule has 0 spiro atoms. The Hall–Kier alpha value is -1.97. The molecular formula is C19H23NO3. The van der Waals surface area contributed by atoms with E-state index in [-0.39, 0.29) is 11.7 Å². The first-order valence-electron chi connectivity index (χ1n) is 8.06. The molecule has 2 aliphatic rings. The van der Waals surface area contributed by atoms with Gasteiger partial charge in [-0.15, -0.1) is 0 Å². The molecule has 2 bridgehead atoms. The highest BCUT2D eigenvalue weighted by molar-refractivity contribution is 6.49. The maximum absolute atomic E-state index is 13.1. The lowest BCUT2D eigenvalue weighted by molar-refractivity contribution is -0.147. The van der Waals surface area contributed by atoms with Gasteiger partial charge in [0.15, 0.2) is 0 Å². The third kappa shape index (κ3) is 1.69. The summed E-state index contributed by atoms with van der Waals surface area (Å²) < 4.78 is 0. The number of fused-ring (bicyclic) bond motifs is 2. The normalized spacial score (nSPS) is 31.5. The van der Waals surface area contributed by atoms with E-state index in [1.54, 1.807) is 0 Å². The van der Waals surface area contributed by atoms with E-state index in [0.717, 1.165) is 11.1 Å². The summed E-state index contributed by atoms with van der Waals surface area (Å²) in [5, 5.41) is 2.91. The van der Waals surface area contributed by atoms with E-state index in [4.69, 9.17) is 0 Å². The number of Topliss-reactive ketones (excluding diaryl/α,β-unsaturated/α-hetero) is 2. The van der Waals surface area contributed by atoms with Gasteiger partial charge in [0.25, 0.3) is 0 Å². The van der Waals surface area contributed by atoms with Crippen molar-refractivity contribution in [1.82, 2.24) is 0 Å². The van der Waals surface area contributed by atoms with E-state index in [2.05, 4.69) is 5.32 Å². The van der Waals surface area contributed by atoms with Crippen molar-refractivity contribution in [3.8, 4) is 0 Å². The third-order valence-electron chi connectivity index (χ3n) is 6.56. The van der Waals surface area contributed by atoms with Gasteiger partial charge in [-0.2, -0.15) is 0 Å². The zero-order valence-corrected chi connectivity index (χ0v) is 14.4. The van der Waals surface area contributed by atoms with E-state index in [1.165, 1.54) is 0 Å². The molecule has 0 radical (unpaired) electrons. The molecule has 1 aromatic carbocycles. The van der Waals surface area contributed by atoms with Crippen LogP contribution in [-0.2, 0) is 14.4 Å². The lowest BCUT2D eigenvalue weighted by Gasteiger charge is -2.37. The average molecular weight is 313 g/mol. The maximum Gasteiger partial charge on any atom is 0.239 e. The van der Waals surface area contributed by atoms with Crippen molar-refractivity contribution in [2.45, 2.75) is 47.5 Å². The van der Waals surface area contributed by atoms with Gasteiger partial charge in [0.05, 0.1) is 0 Å². The summed E-state index contributed by atoms with van der Waals surface area (Å²) in [6.07, 6.45) is 1.03. The number of anilines is 1. The zero-order chi connectivity index (χ0) is 17.2. The van der Waals surface area contributed by atoms with E-state index in [1.807, 2.05) is 52.8 Å². The topological polar surface area (TPSA) is 63.2 Å². The Labute approximate surface area is 136 Å². The number of hydrogen-bond donors (Lipinski definition) is 1. The first-order chi connectivity index (χ1) is 10.6. The molecule has 2 saturated carbocycles. The molecule has 3 rings (SSSR count). The highest BCUT2D eigenvalue weighted by Gasteiger charge is 2.77. The molecule has 2 unspecified atom stereocenters. The van der Waals surface area contributed by atoms with Gasteiger partial charge in [0, 0.05) is 11.1 Å². The van der Waals surface area contributed by atoms with Crippen LogP contribution in [0.15, 0.2) is 18.2 Å². The summed E-state index contributed by atoms with van der Waals surface area (Å²) in [6.45, 7) is 9.49. The highest BCUT2D eigenvalue weighted by Crippen LogP contribution is 2.69. The summed E-state index contributed by atoms with van der Waals surface area (Å²) in [6, 6.07) is 5.76. The Morgan fingerprint density at radius 3 is 2.22 bits per heavy atom. The van der Waals surface area contributed by atoms with Gasteiger partial charge in [0.1, 0.15) is 5.41 Å². The molecule has 0 aliphatic heterocycles. The first kappa shape index (κ1) is 15.9. The molecule has 1 N–H and O–H groups in total. The van der Waals surface area contributed by atoms with Crippen LogP contribution < -0.4 is 5.32 Å². The lowest BCUT2D eigenvalue weighted by atomic mass is 9.64. The van der Waals surface area contributed by atoms with E-state index >= 15 is 0 Å². The van der Waals surface area contributed by atoms with Crippen molar-refractivity contribution in [2.24, 2.45) is 16.2 Å². The summed E-state index contributed by atoms with van der Waals surface area (Å²) in [4.78, 5) is 38.2. The molecule has 4 heteroatoms. The second-order valence-electron chi connectivity index (χ2n) is 7.79. The molecule has 1 amide bonds. The minimum atomic E-state index is -1.24. The van der Waals surface area contributed by atoms with Crippen molar-refractivity contribution in [3.63, 3.8) is 0 Å². The van der Waals surface area contributed by atoms with Gasteiger partial charge >= 0.3 is 0 Å². The second kappa shape index (κ2) is 4.53. The molecule has 2 atom stereocenters. The Bertz CT molecular complexity index is 749. The maximum atomic E-state index is 13.1. The number of hydrogen-bond acceptors (Lipinski definition) is 3. The van der Waals surface area contributed by atoms with Crippen molar-refractivity contribution < 1.29 is 14.4 Å². The monoisotopic (exact) mass is 313 g/mol. The number of carbonyl (C=O) groups excluding carboxylic acids is 3. The largest absolute Gasteiger partial charge is 0.325 e. The quantitative estimate of drug-likeness (QED) is 0.673. The van der Waals surface area contributed by atoms with Gasteiger partial charge < -0.3 is 5.32 Å². The molecule has 0 saturated heterocycles. The summed E-state index contributed by atoms with van der Waals surface area (Å²) in [5.74, 6) is -1.24. The number of nitrogens with one attached hydrogen (secondary N) is 1. The van der Waals surface area contributed by atoms with Crippen LogP contribution in [0.25, 0.3) is 0 Å². The number of ketones is 2. The fourth-order valence-electron chi connectivity index (χ4n) is 4.46. The lowest BCUT2D eigenvalue weighted by Crippen LogP contribution is -2.47. The smallest absolute Gasteiger partial charge is 0.239 e. The Kier molecular flexibility index (Phi) is 3.13. The van der Waals surface area contributed by atoms with Crippen LogP contribution >= 0.6 is 0 Å². The van der Waals surface area contributed by atoms with Gasteiger partial charge in [-0.05, 0) is 43.7 Å². The van der Waals surface area contributed by atoms with Gasteiger partial charge in [-0.1, -0.05) is 38.5 Å². The zero-order valence-electron chi connectivity index (χ0n) is 14.4. The summed E-state index contributed by atoms with van der Waals surface area (Å²) >= 11 is 0. The highest BCUT2D eigenvalue weighted by atomic mass is 16.2. The molecule has 2 aliphatic carbocycles. The van der Waals surface area contributed by atoms with Crippen molar-refractivity contribution in [3.05, 3.63) is 29.3 Å². The number of carbonyl (C=O) groups is 3.